The highest BCUT2D eigenvalue weighted by Crippen LogP contribution is 2.24. The lowest BCUT2D eigenvalue weighted by Crippen LogP contribution is -2.38. The molecule has 2 aromatic rings. The molecule has 32 heavy (non-hydrogen) atoms. The van der Waals surface area contributed by atoms with Gasteiger partial charge in [-0.05, 0) is 68.5 Å². The van der Waals surface area contributed by atoms with Crippen molar-refractivity contribution in [2.24, 2.45) is 4.99 Å². The van der Waals surface area contributed by atoms with E-state index < -0.39 is 0 Å². The second kappa shape index (κ2) is 12.1. The van der Waals surface area contributed by atoms with Crippen molar-refractivity contribution in [2.45, 2.75) is 52.6 Å². The molecule has 6 heteroatoms. The van der Waals surface area contributed by atoms with Gasteiger partial charge >= 0.3 is 0 Å². The van der Waals surface area contributed by atoms with E-state index in [-0.39, 0.29) is 11.9 Å². The first-order valence-corrected chi connectivity index (χ1v) is 11.9. The highest BCUT2D eigenvalue weighted by molar-refractivity contribution is 5.94. The molecule has 0 aromatic heterocycles. The number of carbonyl (C=O) groups excluding carboxylic acids is 1. The number of hydrogen-bond acceptors (Lipinski definition) is 3. The molecule has 1 atom stereocenters. The Kier molecular flexibility index (Phi) is 8.96. The van der Waals surface area contributed by atoms with Gasteiger partial charge in [0.2, 0.25) is 0 Å². The van der Waals surface area contributed by atoms with Gasteiger partial charge in [-0.3, -0.25) is 4.79 Å². The maximum absolute atomic E-state index is 12.2. The number of carbonyl (C=O) groups is 1. The maximum Gasteiger partial charge on any atom is 0.251 e. The third-order valence-electron chi connectivity index (χ3n) is 5.68. The Bertz CT molecular complexity index is 905. The fourth-order valence-corrected chi connectivity index (χ4v) is 3.90. The predicted octanol–water partition coefficient (Wildman–Crippen LogP) is 4.24. The van der Waals surface area contributed by atoms with Crippen molar-refractivity contribution < 1.29 is 4.79 Å². The SMILES string of the molecule is CCCNC(=O)c1cccc(CN=C(NCC)NC(C)c2cccc(N3CCCC3)c2)c1. The van der Waals surface area contributed by atoms with E-state index in [1.165, 1.54) is 24.1 Å². The largest absolute Gasteiger partial charge is 0.372 e. The number of amides is 1. The summed E-state index contributed by atoms with van der Waals surface area (Å²) in [5.41, 5.74) is 4.23. The molecular weight excluding hydrogens is 398 g/mol. The molecule has 1 fully saturated rings. The van der Waals surface area contributed by atoms with Crippen LogP contribution in [0.5, 0.6) is 0 Å². The molecule has 0 radical (unpaired) electrons. The molecule has 3 rings (SSSR count). The minimum atomic E-state index is -0.0331. The fourth-order valence-electron chi connectivity index (χ4n) is 3.90. The van der Waals surface area contributed by atoms with Gasteiger partial charge in [-0.15, -0.1) is 0 Å². The minimum Gasteiger partial charge on any atom is -0.372 e. The summed E-state index contributed by atoms with van der Waals surface area (Å²) in [4.78, 5) is 19.5. The maximum atomic E-state index is 12.2. The summed E-state index contributed by atoms with van der Waals surface area (Å²) in [6.45, 7) is 10.5. The van der Waals surface area contributed by atoms with Crippen molar-refractivity contribution in [3.05, 3.63) is 65.2 Å². The predicted molar refractivity (Wildman–Crippen MR) is 133 cm³/mol. The average molecular weight is 436 g/mol. The smallest absolute Gasteiger partial charge is 0.251 e. The molecule has 1 heterocycles. The molecule has 3 N–H and O–H groups in total. The molecule has 0 spiro atoms. The summed E-state index contributed by atoms with van der Waals surface area (Å²) in [5, 5.41) is 9.79. The first-order chi connectivity index (χ1) is 15.6. The van der Waals surface area contributed by atoms with E-state index in [0.717, 1.165) is 37.6 Å². The van der Waals surface area contributed by atoms with E-state index in [9.17, 15) is 4.79 Å². The Balaban J connectivity index is 1.66. The van der Waals surface area contributed by atoms with Crippen molar-refractivity contribution in [3.8, 4) is 0 Å². The van der Waals surface area contributed by atoms with Crippen molar-refractivity contribution in [1.29, 1.82) is 0 Å². The lowest BCUT2D eigenvalue weighted by molar-refractivity contribution is 0.0953. The third kappa shape index (κ3) is 6.74. The van der Waals surface area contributed by atoms with Crippen LogP contribution in [0.3, 0.4) is 0 Å². The van der Waals surface area contributed by atoms with E-state index in [4.69, 9.17) is 4.99 Å². The van der Waals surface area contributed by atoms with E-state index in [1.807, 2.05) is 31.2 Å². The number of benzene rings is 2. The normalized spacial score (nSPS) is 14.8. The number of hydrogen-bond donors (Lipinski definition) is 3. The summed E-state index contributed by atoms with van der Waals surface area (Å²) in [5.74, 6) is 0.738. The van der Waals surface area contributed by atoms with Gasteiger partial charge in [0.15, 0.2) is 5.96 Å². The summed E-state index contributed by atoms with van der Waals surface area (Å²) >= 11 is 0. The summed E-state index contributed by atoms with van der Waals surface area (Å²) in [6.07, 6.45) is 3.47. The molecule has 1 aliphatic rings. The van der Waals surface area contributed by atoms with Crippen molar-refractivity contribution in [2.75, 3.05) is 31.1 Å². The van der Waals surface area contributed by atoms with Crippen LogP contribution < -0.4 is 20.9 Å². The number of nitrogens with one attached hydrogen (secondary N) is 3. The van der Waals surface area contributed by atoms with E-state index in [0.29, 0.717) is 18.7 Å². The molecule has 1 aliphatic heterocycles. The lowest BCUT2D eigenvalue weighted by atomic mass is 10.1. The van der Waals surface area contributed by atoms with Crippen LogP contribution in [0.25, 0.3) is 0 Å². The minimum absolute atomic E-state index is 0.0331. The van der Waals surface area contributed by atoms with E-state index >= 15 is 0 Å². The second-order valence-electron chi connectivity index (χ2n) is 8.31. The highest BCUT2D eigenvalue weighted by Gasteiger charge is 2.14. The molecule has 0 bridgehead atoms. The van der Waals surface area contributed by atoms with Crippen LogP contribution in [0.4, 0.5) is 5.69 Å². The molecule has 0 aliphatic carbocycles. The van der Waals surface area contributed by atoms with Crippen LogP contribution >= 0.6 is 0 Å². The monoisotopic (exact) mass is 435 g/mol. The van der Waals surface area contributed by atoms with Gasteiger partial charge in [0.25, 0.3) is 5.91 Å². The zero-order valence-corrected chi connectivity index (χ0v) is 19.7. The van der Waals surface area contributed by atoms with Crippen LogP contribution in [0, 0.1) is 0 Å². The summed E-state index contributed by atoms with van der Waals surface area (Å²) in [6, 6.07) is 16.6. The van der Waals surface area contributed by atoms with Crippen molar-refractivity contribution >= 4 is 17.6 Å². The van der Waals surface area contributed by atoms with Gasteiger partial charge in [0, 0.05) is 37.4 Å². The van der Waals surface area contributed by atoms with Gasteiger partial charge in [-0.1, -0.05) is 31.2 Å². The number of guanidine groups is 1. The Morgan fingerprint density at radius 1 is 1.06 bits per heavy atom. The van der Waals surface area contributed by atoms with Gasteiger partial charge in [-0.2, -0.15) is 0 Å². The molecular formula is C26H37N5O. The second-order valence-corrected chi connectivity index (χ2v) is 8.31. The number of nitrogens with zero attached hydrogens (tertiary/aromatic N) is 2. The van der Waals surface area contributed by atoms with Crippen LogP contribution in [-0.2, 0) is 6.54 Å². The zero-order chi connectivity index (χ0) is 22.8. The molecule has 1 unspecified atom stereocenters. The molecule has 6 nitrogen and oxygen atoms in total. The number of anilines is 1. The van der Waals surface area contributed by atoms with Crippen molar-refractivity contribution in [1.82, 2.24) is 16.0 Å². The Morgan fingerprint density at radius 3 is 2.59 bits per heavy atom. The lowest BCUT2D eigenvalue weighted by Gasteiger charge is -2.22. The van der Waals surface area contributed by atoms with Gasteiger partial charge in [0.05, 0.1) is 12.6 Å². The first-order valence-electron chi connectivity index (χ1n) is 11.9. The first kappa shape index (κ1) is 23.6. The standard InChI is InChI=1S/C26H37N5O/c1-4-14-28-25(32)23-12-8-10-21(17-23)19-29-26(27-5-2)30-20(3)22-11-9-13-24(18-22)31-15-6-7-16-31/h8-13,17-18,20H,4-7,14-16,19H2,1-3H3,(H,28,32)(H2,27,29,30). The molecule has 2 aromatic carbocycles. The molecule has 1 amide bonds. The summed E-state index contributed by atoms with van der Waals surface area (Å²) < 4.78 is 0. The van der Waals surface area contributed by atoms with Crippen LogP contribution in [-0.4, -0.2) is 38.0 Å². The van der Waals surface area contributed by atoms with E-state index in [2.05, 4.69) is 59.0 Å². The molecule has 1 saturated heterocycles. The highest BCUT2D eigenvalue weighted by atomic mass is 16.1. The van der Waals surface area contributed by atoms with Crippen LogP contribution in [0.2, 0.25) is 0 Å². The van der Waals surface area contributed by atoms with Crippen LogP contribution in [0.15, 0.2) is 53.5 Å². The molecule has 172 valence electrons. The summed E-state index contributed by atoms with van der Waals surface area (Å²) in [7, 11) is 0. The third-order valence-corrected chi connectivity index (χ3v) is 5.68. The van der Waals surface area contributed by atoms with Crippen molar-refractivity contribution in [3.63, 3.8) is 0 Å². The Hall–Kier alpha value is -3.02. The zero-order valence-electron chi connectivity index (χ0n) is 19.7. The fraction of sp³-hybridized carbons (Fsp3) is 0.462. The number of aliphatic imine (C=N–C) groups is 1. The number of rotatable bonds is 9. The Morgan fingerprint density at radius 2 is 1.84 bits per heavy atom. The van der Waals surface area contributed by atoms with Gasteiger partial charge in [0.1, 0.15) is 0 Å². The van der Waals surface area contributed by atoms with E-state index in [1.54, 1.807) is 0 Å². The molecule has 0 saturated carbocycles. The van der Waals surface area contributed by atoms with Crippen LogP contribution in [0.1, 0.15) is 67.6 Å². The quantitative estimate of drug-likeness (QED) is 0.407. The van der Waals surface area contributed by atoms with Gasteiger partial charge < -0.3 is 20.9 Å². The van der Waals surface area contributed by atoms with Gasteiger partial charge in [-0.25, -0.2) is 4.99 Å². The topological polar surface area (TPSA) is 68.8 Å². The Labute approximate surface area is 192 Å². The average Bonchev–Trinajstić information content (AvgIpc) is 3.36.